The van der Waals surface area contributed by atoms with Crippen LogP contribution in [0.1, 0.15) is 0 Å². The van der Waals surface area contributed by atoms with Gasteiger partial charge in [-0.1, -0.05) is 0 Å². The van der Waals surface area contributed by atoms with Crippen LogP contribution in [0.4, 0.5) is 4.39 Å². The Hall–Kier alpha value is 0.320. The zero-order chi connectivity index (χ0) is 5.70. The molecule has 7 heavy (non-hydrogen) atoms. The van der Waals surface area contributed by atoms with Crippen LogP contribution in [-0.2, 0) is 4.74 Å². The van der Waals surface area contributed by atoms with Crippen molar-refractivity contribution >= 4 is 9.24 Å². The van der Waals surface area contributed by atoms with Crippen molar-refractivity contribution in [2.24, 2.45) is 0 Å². The average Bonchev–Trinajstić information content (AvgIpc) is 1.68. The van der Waals surface area contributed by atoms with E-state index in [4.69, 9.17) is 0 Å². The van der Waals surface area contributed by atoms with Crippen molar-refractivity contribution in [3.05, 3.63) is 6.92 Å². The van der Waals surface area contributed by atoms with Gasteiger partial charge < -0.3 is 4.74 Å². The molecule has 43 valence electrons. The summed E-state index contributed by atoms with van der Waals surface area (Å²) in [4.78, 5) is 0. The first kappa shape index (κ1) is 7.32. The average molecular weight is 123 g/mol. The molecule has 0 bridgehead atoms. The van der Waals surface area contributed by atoms with Crippen molar-refractivity contribution in [1.29, 1.82) is 0 Å². The van der Waals surface area contributed by atoms with E-state index in [1.807, 2.05) is 0 Å². The van der Waals surface area contributed by atoms with Crippen molar-refractivity contribution < 1.29 is 9.13 Å². The molecule has 0 N–H and O–H groups in total. The molecule has 0 fully saturated rings. The minimum absolute atomic E-state index is 0.456. The summed E-state index contributed by atoms with van der Waals surface area (Å²) < 4.78 is 16.0. The Kier molecular flexibility index (Phi) is 4.68. The topological polar surface area (TPSA) is 9.23 Å². The van der Waals surface area contributed by atoms with Gasteiger partial charge in [0.15, 0.2) is 0 Å². The van der Waals surface area contributed by atoms with E-state index in [2.05, 4.69) is 20.9 Å². The molecule has 0 aromatic carbocycles. The van der Waals surface area contributed by atoms with E-state index in [1.54, 1.807) is 0 Å². The fourth-order valence-electron chi connectivity index (χ4n) is 0.181. The van der Waals surface area contributed by atoms with Crippen molar-refractivity contribution in [2.75, 3.05) is 13.0 Å². The van der Waals surface area contributed by atoms with Crippen molar-refractivity contribution in [3.63, 3.8) is 0 Å². The predicted molar refractivity (Wildman–Crippen MR) is 30.8 cm³/mol. The number of hydrogen-bond donors (Lipinski definition) is 0. The summed E-state index contributed by atoms with van der Waals surface area (Å²) in [5.74, 6) is 0. The second kappa shape index (κ2) is 4.48. The normalized spacial score (nSPS) is 14.1. The highest BCUT2D eigenvalue weighted by molar-refractivity contribution is 7.16. The van der Waals surface area contributed by atoms with E-state index < -0.39 is 12.8 Å². The molecular weight excluding hydrogens is 114 g/mol. The van der Waals surface area contributed by atoms with E-state index in [9.17, 15) is 4.39 Å². The van der Waals surface area contributed by atoms with Crippen LogP contribution >= 0.6 is 9.24 Å². The Morgan fingerprint density at radius 1 is 1.86 bits per heavy atom. The number of ether oxygens (including phenoxy) is 1. The van der Waals surface area contributed by atoms with Crippen LogP contribution in [0, 0.1) is 6.92 Å². The molecule has 0 rings (SSSR count). The number of hydrogen-bond acceptors (Lipinski definition) is 1. The Labute approximate surface area is 45.4 Å². The van der Waals surface area contributed by atoms with Gasteiger partial charge in [0, 0.05) is 0 Å². The quantitative estimate of drug-likeness (QED) is 0.509. The SMILES string of the molecule is [CH2]C(CF)OCP. The summed E-state index contributed by atoms with van der Waals surface area (Å²) in [5.41, 5.74) is 0. The lowest BCUT2D eigenvalue weighted by Crippen LogP contribution is -2.08. The second-order valence-corrected chi connectivity index (χ2v) is 1.44. The van der Waals surface area contributed by atoms with Crippen LogP contribution in [0.15, 0.2) is 0 Å². The zero-order valence-electron chi connectivity index (χ0n) is 4.06. The molecular formula is C4H9FOP. The smallest absolute Gasteiger partial charge is 0.116 e. The minimum atomic E-state index is -0.506. The van der Waals surface area contributed by atoms with E-state index in [0.29, 0.717) is 6.35 Å². The van der Waals surface area contributed by atoms with Gasteiger partial charge in [0.05, 0.1) is 12.5 Å². The summed E-state index contributed by atoms with van der Waals surface area (Å²) >= 11 is 0. The zero-order valence-corrected chi connectivity index (χ0v) is 5.22. The first-order valence-corrected chi connectivity index (χ1v) is 2.83. The van der Waals surface area contributed by atoms with Crippen molar-refractivity contribution in [3.8, 4) is 0 Å². The molecule has 0 aromatic rings. The summed E-state index contributed by atoms with van der Waals surface area (Å²) in [6.07, 6.45) is -0.0320. The number of alkyl halides is 1. The highest BCUT2D eigenvalue weighted by atomic mass is 31.0. The molecule has 1 radical (unpaired) electrons. The van der Waals surface area contributed by atoms with Gasteiger partial charge in [-0.25, -0.2) is 4.39 Å². The maximum Gasteiger partial charge on any atom is 0.116 e. The number of halogens is 1. The summed E-state index contributed by atoms with van der Waals surface area (Å²) in [6.45, 7) is 2.83. The Morgan fingerprint density at radius 3 is 2.57 bits per heavy atom. The maximum absolute atomic E-state index is 11.4. The van der Waals surface area contributed by atoms with Gasteiger partial charge in [-0.15, -0.1) is 9.24 Å². The molecule has 1 nitrogen and oxygen atoms in total. The molecule has 3 heteroatoms. The van der Waals surface area contributed by atoms with E-state index in [-0.39, 0.29) is 0 Å². The Balaban J connectivity index is 2.83. The van der Waals surface area contributed by atoms with Gasteiger partial charge >= 0.3 is 0 Å². The molecule has 0 aliphatic heterocycles. The van der Waals surface area contributed by atoms with Crippen LogP contribution in [0.5, 0.6) is 0 Å². The number of rotatable bonds is 3. The monoisotopic (exact) mass is 123 g/mol. The van der Waals surface area contributed by atoms with Crippen LogP contribution < -0.4 is 0 Å². The van der Waals surface area contributed by atoms with Gasteiger partial charge in [0.2, 0.25) is 0 Å². The first-order valence-electron chi connectivity index (χ1n) is 2.02. The van der Waals surface area contributed by atoms with Gasteiger partial charge in [-0.2, -0.15) is 0 Å². The molecule has 0 heterocycles. The molecule has 0 spiro atoms. The predicted octanol–water partition coefficient (Wildman–Crippen LogP) is 1.01. The molecule has 2 atom stereocenters. The lowest BCUT2D eigenvalue weighted by molar-refractivity contribution is 0.101. The largest absolute Gasteiger partial charge is 0.372 e. The molecule has 2 unspecified atom stereocenters. The van der Waals surface area contributed by atoms with Crippen LogP contribution in [0.3, 0.4) is 0 Å². The van der Waals surface area contributed by atoms with Gasteiger partial charge in [0.25, 0.3) is 0 Å². The second-order valence-electron chi connectivity index (χ2n) is 1.11. The highest BCUT2D eigenvalue weighted by Crippen LogP contribution is 1.92. The van der Waals surface area contributed by atoms with Gasteiger partial charge in [-0.05, 0) is 6.92 Å². The Morgan fingerprint density at radius 2 is 2.43 bits per heavy atom. The van der Waals surface area contributed by atoms with Crippen LogP contribution in [-0.4, -0.2) is 19.1 Å². The molecule has 0 saturated carbocycles. The van der Waals surface area contributed by atoms with Gasteiger partial charge in [-0.3, -0.25) is 0 Å². The van der Waals surface area contributed by atoms with E-state index >= 15 is 0 Å². The van der Waals surface area contributed by atoms with Crippen LogP contribution in [0.2, 0.25) is 0 Å². The third-order valence-corrected chi connectivity index (χ3v) is 0.696. The lowest BCUT2D eigenvalue weighted by Gasteiger charge is -2.03. The van der Waals surface area contributed by atoms with E-state index in [1.165, 1.54) is 0 Å². The molecule has 0 saturated heterocycles. The fourth-order valence-corrected chi connectivity index (χ4v) is 0.453. The Bertz CT molecular complexity index is 42.7. The van der Waals surface area contributed by atoms with Gasteiger partial charge in [0.1, 0.15) is 6.67 Å². The first-order chi connectivity index (χ1) is 3.31. The third kappa shape index (κ3) is 4.17. The van der Waals surface area contributed by atoms with E-state index in [0.717, 1.165) is 0 Å². The lowest BCUT2D eigenvalue weighted by atomic mass is 10.5. The van der Waals surface area contributed by atoms with Crippen molar-refractivity contribution in [2.45, 2.75) is 6.10 Å². The summed E-state index contributed by atoms with van der Waals surface area (Å²) in [7, 11) is 2.32. The summed E-state index contributed by atoms with van der Waals surface area (Å²) in [6, 6.07) is 0. The third-order valence-electron chi connectivity index (χ3n) is 0.504. The molecule has 0 aliphatic carbocycles. The minimum Gasteiger partial charge on any atom is -0.372 e. The fraction of sp³-hybridized carbons (Fsp3) is 0.750. The summed E-state index contributed by atoms with van der Waals surface area (Å²) in [5, 5.41) is 0. The van der Waals surface area contributed by atoms with Crippen LogP contribution in [0.25, 0.3) is 0 Å². The molecule has 0 amide bonds. The molecule has 0 aromatic heterocycles. The van der Waals surface area contributed by atoms with Crippen molar-refractivity contribution in [1.82, 2.24) is 0 Å². The standard InChI is InChI=1S/C4H9FOP/c1-4(2-5)6-3-7/h4H,1-3,7H2. The highest BCUT2D eigenvalue weighted by Gasteiger charge is 1.95. The maximum atomic E-state index is 11.4. The molecule has 0 aliphatic rings.